The van der Waals surface area contributed by atoms with E-state index in [4.69, 9.17) is 14.9 Å². The summed E-state index contributed by atoms with van der Waals surface area (Å²) < 4.78 is 18.6. The van der Waals surface area contributed by atoms with Gasteiger partial charge in [-0.3, -0.25) is 4.90 Å². The fourth-order valence-electron chi connectivity index (χ4n) is 1.74. The lowest BCUT2D eigenvalue weighted by Crippen LogP contribution is -2.25. The molecule has 1 aromatic rings. The molecule has 6 heteroatoms. The molecular weight excluding hydrogens is 253 g/mol. The highest BCUT2D eigenvalue weighted by atomic mass is 19.1. The Morgan fingerprint density at radius 2 is 2.26 bits per heavy atom. The van der Waals surface area contributed by atoms with Crippen molar-refractivity contribution in [3.8, 4) is 11.8 Å². The summed E-state index contributed by atoms with van der Waals surface area (Å²) in [5.74, 6) is 4.22. The number of aliphatic hydroxyl groups excluding tert-OH is 2. The van der Waals surface area contributed by atoms with Gasteiger partial charge in [-0.2, -0.15) is 0 Å². The highest BCUT2D eigenvalue weighted by molar-refractivity contribution is 5.89. The molecule has 19 heavy (non-hydrogen) atoms. The fourth-order valence-corrected chi connectivity index (χ4v) is 1.74. The summed E-state index contributed by atoms with van der Waals surface area (Å²) in [4.78, 5) is 12.8. The zero-order valence-electron chi connectivity index (χ0n) is 9.97. The van der Waals surface area contributed by atoms with Gasteiger partial charge in [-0.15, -0.1) is 0 Å². The molecule has 0 spiro atoms. The number of amides is 1. The number of hydrogen-bond acceptors (Lipinski definition) is 4. The van der Waals surface area contributed by atoms with E-state index in [0.29, 0.717) is 5.69 Å². The lowest BCUT2D eigenvalue weighted by molar-refractivity contribution is 0.0963. The van der Waals surface area contributed by atoms with E-state index in [0.717, 1.165) is 0 Å². The minimum atomic E-state index is -0.618. The number of benzene rings is 1. The predicted molar refractivity (Wildman–Crippen MR) is 65.1 cm³/mol. The lowest BCUT2D eigenvalue weighted by Gasteiger charge is -2.13. The second-order valence-corrected chi connectivity index (χ2v) is 3.92. The van der Waals surface area contributed by atoms with Crippen molar-refractivity contribution in [3.63, 3.8) is 0 Å². The average Bonchev–Trinajstić information content (AvgIpc) is 2.78. The number of anilines is 1. The van der Waals surface area contributed by atoms with Crippen LogP contribution in [0.4, 0.5) is 14.9 Å². The number of aliphatic hydroxyl groups is 2. The minimum Gasteiger partial charge on any atom is -0.441 e. The molecule has 1 atom stereocenters. The second-order valence-electron chi connectivity index (χ2n) is 3.92. The monoisotopic (exact) mass is 265 g/mol. The molecule has 1 aromatic carbocycles. The van der Waals surface area contributed by atoms with Gasteiger partial charge in [0.2, 0.25) is 0 Å². The molecule has 0 unspecified atom stereocenters. The van der Waals surface area contributed by atoms with Crippen molar-refractivity contribution in [1.29, 1.82) is 0 Å². The summed E-state index contributed by atoms with van der Waals surface area (Å²) in [6.45, 7) is -0.445. The number of cyclic esters (lactones) is 1. The third kappa shape index (κ3) is 2.84. The molecule has 0 aromatic heterocycles. The predicted octanol–water partition coefficient (Wildman–Crippen LogP) is 0.487. The van der Waals surface area contributed by atoms with Crippen LogP contribution in [0.15, 0.2) is 18.2 Å². The maximum atomic E-state index is 13.7. The van der Waals surface area contributed by atoms with Crippen molar-refractivity contribution in [1.82, 2.24) is 0 Å². The van der Waals surface area contributed by atoms with Crippen LogP contribution in [0.25, 0.3) is 0 Å². The van der Waals surface area contributed by atoms with Crippen LogP contribution in [0.1, 0.15) is 5.56 Å². The number of carbonyl (C=O) groups is 1. The number of hydrogen-bond donors (Lipinski definition) is 2. The number of ether oxygens (including phenoxy) is 1. The summed E-state index contributed by atoms with van der Waals surface area (Å²) in [7, 11) is 0. The first-order valence-electron chi connectivity index (χ1n) is 5.64. The van der Waals surface area contributed by atoms with Gasteiger partial charge in [0, 0.05) is 0 Å². The standard InChI is InChI=1S/C13H12FNO4/c14-12-6-10(4-3-9(12)2-1-5-16)15-7-11(8-17)19-13(15)18/h3-4,6,11,16-17H,5,7-8H2/t11-/m1/s1. The van der Waals surface area contributed by atoms with E-state index in [1.54, 1.807) is 0 Å². The smallest absolute Gasteiger partial charge is 0.414 e. The topological polar surface area (TPSA) is 70.0 Å². The molecule has 1 fully saturated rings. The van der Waals surface area contributed by atoms with Crippen molar-refractivity contribution >= 4 is 11.8 Å². The first kappa shape index (κ1) is 13.3. The summed E-state index contributed by atoms with van der Waals surface area (Å²) in [5.41, 5.74) is 0.483. The van der Waals surface area contributed by atoms with E-state index in [-0.39, 0.29) is 25.3 Å². The molecule has 5 nitrogen and oxygen atoms in total. The maximum Gasteiger partial charge on any atom is 0.414 e. The van der Waals surface area contributed by atoms with Gasteiger partial charge in [0.05, 0.1) is 24.4 Å². The van der Waals surface area contributed by atoms with Crippen LogP contribution in [0.2, 0.25) is 0 Å². The molecule has 2 rings (SSSR count). The van der Waals surface area contributed by atoms with Crippen LogP contribution in [-0.4, -0.2) is 42.2 Å². The van der Waals surface area contributed by atoms with Crippen molar-refractivity contribution in [2.24, 2.45) is 0 Å². The van der Waals surface area contributed by atoms with Gasteiger partial charge in [-0.25, -0.2) is 9.18 Å². The third-order valence-electron chi connectivity index (χ3n) is 2.64. The third-order valence-corrected chi connectivity index (χ3v) is 2.64. The Labute approximate surface area is 109 Å². The summed E-state index contributed by atoms with van der Waals surface area (Å²) in [6, 6.07) is 4.13. The van der Waals surface area contributed by atoms with E-state index in [9.17, 15) is 9.18 Å². The van der Waals surface area contributed by atoms with Gasteiger partial charge >= 0.3 is 6.09 Å². The first-order chi connectivity index (χ1) is 9.15. The van der Waals surface area contributed by atoms with Gasteiger partial charge in [0.15, 0.2) is 0 Å². The first-order valence-corrected chi connectivity index (χ1v) is 5.64. The number of halogens is 1. The Hall–Kier alpha value is -2.10. The Morgan fingerprint density at radius 3 is 2.84 bits per heavy atom. The number of nitrogens with zero attached hydrogens (tertiary/aromatic N) is 1. The SMILES string of the molecule is O=C1O[C@@H](CO)CN1c1ccc(C#CCO)c(F)c1. The van der Waals surface area contributed by atoms with Crippen molar-refractivity contribution in [2.75, 3.05) is 24.7 Å². The van der Waals surface area contributed by atoms with Gasteiger partial charge < -0.3 is 14.9 Å². The Morgan fingerprint density at radius 1 is 1.47 bits per heavy atom. The van der Waals surface area contributed by atoms with Crippen LogP contribution in [-0.2, 0) is 4.74 Å². The molecule has 0 bridgehead atoms. The van der Waals surface area contributed by atoms with E-state index in [1.165, 1.54) is 23.1 Å². The fraction of sp³-hybridized carbons (Fsp3) is 0.308. The molecule has 0 saturated carbocycles. The van der Waals surface area contributed by atoms with E-state index in [2.05, 4.69) is 11.8 Å². The van der Waals surface area contributed by atoms with Crippen LogP contribution in [0.3, 0.4) is 0 Å². The second kappa shape index (κ2) is 5.69. The van der Waals surface area contributed by atoms with Gasteiger partial charge in [-0.05, 0) is 18.2 Å². The van der Waals surface area contributed by atoms with Crippen LogP contribution >= 0.6 is 0 Å². The summed E-state index contributed by atoms with van der Waals surface area (Å²) >= 11 is 0. The molecule has 2 N–H and O–H groups in total. The molecule has 1 amide bonds. The number of carbonyl (C=O) groups excluding carboxylic acids is 1. The van der Waals surface area contributed by atoms with Crippen LogP contribution in [0, 0.1) is 17.7 Å². The summed E-state index contributed by atoms with van der Waals surface area (Å²) in [5, 5.41) is 17.5. The Kier molecular flexibility index (Phi) is 4.00. The molecule has 1 saturated heterocycles. The molecule has 100 valence electrons. The molecule has 1 heterocycles. The Bertz CT molecular complexity index is 549. The molecular formula is C13H12FNO4. The normalized spacial score (nSPS) is 17.9. The van der Waals surface area contributed by atoms with Crippen LogP contribution < -0.4 is 4.90 Å². The van der Waals surface area contributed by atoms with Gasteiger partial charge in [0.25, 0.3) is 0 Å². The number of rotatable bonds is 2. The molecule has 1 aliphatic heterocycles. The quantitative estimate of drug-likeness (QED) is 0.763. The minimum absolute atomic E-state index is 0.143. The molecule has 1 aliphatic rings. The average molecular weight is 265 g/mol. The molecule has 0 aliphatic carbocycles. The zero-order chi connectivity index (χ0) is 13.8. The largest absolute Gasteiger partial charge is 0.441 e. The highest BCUT2D eigenvalue weighted by Gasteiger charge is 2.32. The zero-order valence-corrected chi connectivity index (χ0v) is 9.97. The molecule has 0 radical (unpaired) electrons. The van der Waals surface area contributed by atoms with Crippen molar-refractivity contribution in [3.05, 3.63) is 29.6 Å². The van der Waals surface area contributed by atoms with Crippen LogP contribution in [0.5, 0.6) is 0 Å². The summed E-state index contributed by atoms with van der Waals surface area (Å²) in [6.07, 6.45) is -1.21. The lowest BCUT2D eigenvalue weighted by atomic mass is 10.2. The highest BCUT2D eigenvalue weighted by Crippen LogP contribution is 2.23. The maximum absolute atomic E-state index is 13.7. The van der Waals surface area contributed by atoms with Crippen molar-refractivity contribution < 1.29 is 24.1 Å². The van der Waals surface area contributed by atoms with Crippen molar-refractivity contribution in [2.45, 2.75) is 6.10 Å². The van der Waals surface area contributed by atoms with Gasteiger partial charge in [-0.1, -0.05) is 11.8 Å². The van der Waals surface area contributed by atoms with E-state index < -0.39 is 18.0 Å². The Balaban J connectivity index is 2.23. The van der Waals surface area contributed by atoms with E-state index >= 15 is 0 Å². The van der Waals surface area contributed by atoms with Gasteiger partial charge in [0.1, 0.15) is 18.5 Å². The van der Waals surface area contributed by atoms with E-state index in [1.807, 2.05) is 0 Å².